The number of amides is 1. The summed E-state index contributed by atoms with van der Waals surface area (Å²) in [6.07, 6.45) is 1.43. The topological polar surface area (TPSA) is 99.6 Å². The van der Waals surface area contributed by atoms with Crippen molar-refractivity contribution in [3.8, 4) is 5.75 Å². The van der Waals surface area contributed by atoms with Gasteiger partial charge in [0.2, 0.25) is 0 Å². The van der Waals surface area contributed by atoms with E-state index in [9.17, 15) is 19.7 Å². The molecule has 11 heteroatoms. The van der Waals surface area contributed by atoms with E-state index in [0.29, 0.717) is 22.5 Å². The molecule has 1 saturated heterocycles. The van der Waals surface area contributed by atoms with Gasteiger partial charge in [0.15, 0.2) is 4.32 Å². The highest BCUT2D eigenvalue weighted by Gasteiger charge is 2.35. The van der Waals surface area contributed by atoms with Crippen molar-refractivity contribution in [3.63, 3.8) is 0 Å². The molecule has 0 aliphatic carbocycles. The maximum Gasteiger partial charge on any atom is 0.328 e. The number of para-hydroxylation sites is 2. The number of carbonyl (C=O) groups is 1. The summed E-state index contributed by atoms with van der Waals surface area (Å²) in [6, 6.07) is 9.83. The number of ether oxygens (including phenoxy) is 1. The Labute approximate surface area is 185 Å². The molecule has 0 N–H and O–H groups in total. The molecule has 9 nitrogen and oxygen atoms in total. The molecule has 0 spiro atoms. The zero-order chi connectivity index (χ0) is 22.4. The predicted molar refractivity (Wildman–Crippen MR) is 123 cm³/mol. The van der Waals surface area contributed by atoms with Gasteiger partial charge < -0.3 is 4.74 Å². The van der Waals surface area contributed by atoms with E-state index in [-0.39, 0.29) is 26.2 Å². The van der Waals surface area contributed by atoms with Gasteiger partial charge in [-0.1, -0.05) is 36.1 Å². The molecule has 2 aromatic carbocycles. The minimum Gasteiger partial charge on any atom is -0.495 e. The molecule has 1 fully saturated rings. The van der Waals surface area contributed by atoms with Gasteiger partial charge in [0, 0.05) is 20.2 Å². The van der Waals surface area contributed by atoms with Gasteiger partial charge in [0.1, 0.15) is 5.75 Å². The minimum absolute atomic E-state index is 0.208. The lowest BCUT2D eigenvalue weighted by molar-refractivity contribution is -0.385. The molecular formula is C20H16N4O5S2. The molecule has 1 aliphatic rings. The number of rotatable bonds is 4. The van der Waals surface area contributed by atoms with Crippen molar-refractivity contribution in [2.24, 2.45) is 14.1 Å². The summed E-state index contributed by atoms with van der Waals surface area (Å²) in [4.78, 5) is 38.1. The molecule has 1 amide bonds. The van der Waals surface area contributed by atoms with Gasteiger partial charge in [0.05, 0.1) is 39.2 Å². The number of aromatic nitrogens is 2. The Morgan fingerprint density at radius 1 is 1.13 bits per heavy atom. The van der Waals surface area contributed by atoms with E-state index in [1.165, 1.54) is 39.4 Å². The maximum absolute atomic E-state index is 13.1. The molecule has 158 valence electrons. The summed E-state index contributed by atoms with van der Waals surface area (Å²) in [6.45, 7) is 0. The quantitative estimate of drug-likeness (QED) is 0.257. The Hall–Kier alpha value is -3.44. The van der Waals surface area contributed by atoms with Crippen LogP contribution in [0.5, 0.6) is 5.75 Å². The van der Waals surface area contributed by atoms with Crippen molar-refractivity contribution in [2.75, 3.05) is 12.0 Å². The molecule has 3 aromatic rings. The number of carbonyl (C=O) groups excluding carboxylic acids is 1. The molecule has 2 heterocycles. The van der Waals surface area contributed by atoms with Crippen molar-refractivity contribution >= 4 is 62.7 Å². The van der Waals surface area contributed by atoms with Crippen LogP contribution in [0.15, 0.2) is 46.1 Å². The van der Waals surface area contributed by atoms with E-state index in [1.807, 2.05) is 0 Å². The first-order valence-electron chi connectivity index (χ1n) is 8.99. The van der Waals surface area contributed by atoms with E-state index in [2.05, 4.69) is 0 Å². The third-order valence-electron chi connectivity index (χ3n) is 5.02. The second kappa shape index (κ2) is 7.67. The fourth-order valence-electron chi connectivity index (χ4n) is 3.46. The molecule has 0 bridgehead atoms. The SMILES string of the molecule is COc1ccccc1N1C(=O)/C(=C/c2cc3c(cc2[N+](=O)[O-])n(C)c(=O)n3C)SC1=S. The highest BCUT2D eigenvalue weighted by molar-refractivity contribution is 8.27. The zero-order valence-corrected chi connectivity index (χ0v) is 18.3. The van der Waals surface area contributed by atoms with Crippen LogP contribution < -0.4 is 15.3 Å². The number of nitrogens with zero attached hydrogens (tertiary/aromatic N) is 4. The lowest BCUT2D eigenvalue weighted by atomic mass is 10.1. The molecule has 0 unspecified atom stereocenters. The number of nitro benzene ring substituents is 1. The Morgan fingerprint density at radius 2 is 1.77 bits per heavy atom. The van der Waals surface area contributed by atoms with E-state index >= 15 is 0 Å². The van der Waals surface area contributed by atoms with Crippen molar-refractivity contribution in [1.82, 2.24) is 9.13 Å². The molecule has 1 aliphatic heterocycles. The summed E-state index contributed by atoms with van der Waals surface area (Å²) in [5, 5.41) is 11.7. The molecule has 0 atom stereocenters. The van der Waals surface area contributed by atoms with Gasteiger partial charge in [-0.15, -0.1) is 0 Å². The summed E-state index contributed by atoms with van der Waals surface area (Å²) >= 11 is 6.44. The minimum atomic E-state index is -0.538. The summed E-state index contributed by atoms with van der Waals surface area (Å²) in [5.74, 6) is 0.0718. The second-order valence-corrected chi connectivity index (χ2v) is 8.42. The Morgan fingerprint density at radius 3 is 2.42 bits per heavy atom. The molecule has 4 rings (SSSR count). The normalized spacial score (nSPS) is 15.3. The number of benzene rings is 2. The summed E-state index contributed by atoms with van der Waals surface area (Å²) in [7, 11) is 4.63. The largest absolute Gasteiger partial charge is 0.495 e. The van der Waals surface area contributed by atoms with Crippen LogP contribution in [0.4, 0.5) is 11.4 Å². The number of fused-ring (bicyclic) bond motifs is 1. The molecule has 0 radical (unpaired) electrons. The first-order valence-corrected chi connectivity index (χ1v) is 10.2. The van der Waals surface area contributed by atoms with Crippen molar-refractivity contribution < 1.29 is 14.5 Å². The Bertz CT molecular complexity index is 1370. The first-order chi connectivity index (χ1) is 14.7. The average Bonchev–Trinajstić information content (AvgIpc) is 3.14. The van der Waals surface area contributed by atoms with E-state index in [4.69, 9.17) is 17.0 Å². The van der Waals surface area contributed by atoms with E-state index in [0.717, 1.165) is 11.8 Å². The van der Waals surface area contributed by atoms with Crippen LogP contribution in [-0.4, -0.2) is 31.4 Å². The number of aryl methyl sites for hydroxylation is 2. The second-order valence-electron chi connectivity index (χ2n) is 6.75. The number of hydrogen-bond acceptors (Lipinski definition) is 7. The van der Waals surface area contributed by atoms with Crippen molar-refractivity contribution in [3.05, 3.63) is 67.5 Å². The number of hydrogen-bond donors (Lipinski definition) is 0. The lowest BCUT2D eigenvalue weighted by Gasteiger charge is -2.17. The maximum atomic E-state index is 13.1. The average molecular weight is 457 g/mol. The number of imidazole rings is 1. The van der Waals surface area contributed by atoms with Gasteiger partial charge in [-0.25, -0.2) is 4.79 Å². The summed E-state index contributed by atoms with van der Waals surface area (Å²) < 4.78 is 8.36. The number of anilines is 1. The highest BCUT2D eigenvalue weighted by Crippen LogP contribution is 2.40. The first kappa shape index (κ1) is 20.8. The smallest absolute Gasteiger partial charge is 0.328 e. The standard InChI is InChI=1S/C20H16N4O5S2/c1-21-14-8-11(13(24(27)28)10-15(14)22(2)19(21)26)9-17-18(25)23(20(30)31-17)12-6-4-5-7-16(12)29-3/h4-10H,1-3H3/b17-9-. The molecule has 0 saturated carbocycles. The number of methoxy groups -OCH3 is 1. The van der Waals surface area contributed by atoms with Crippen LogP contribution in [0.2, 0.25) is 0 Å². The molecule has 1 aromatic heterocycles. The van der Waals surface area contributed by atoms with Crippen LogP contribution in [0.3, 0.4) is 0 Å². The van der Waals surface area contributed by atoms with Gasteiger partial charge in [-0.05, 0) is 24.3 Å². The van der Waals surface area contributed by atoms with Crippen LogP contribution in [0, 0.1) is 10.1 Å². The monoisotopic (exact) mass is 456 g/mol. The third kappa shape index (κ3) is 3.31. The zero-order valence-electron chi connectivity index (χ0n) is 16.7. The Kier molecular flexibility index (Phi) is 5.15. The van der Waals surface area contributed by atoms with Crippen LogP contribution in [-0.2, 0) is 18.9 Å². The number of thioether (sulfide) groups is 1. The van der Waals surface area contributed by atoms with Crippen LogP contribution in [0.1, 0.15) is 5.56 Å². The lowest BCUT2D eigenvalue weighted by Crippen LogP contribution is -2.27. The van der Waals surface area contributed by atoms with Gasteiger partial charge in [-0.3, -0.25) is 28.9 Å². The fraction of sp³-hybridized carbons (Fsp3) is 0.150. The number of nitro groups is 1. The fourth-order valence-corrected chi connectivity index (χ4v) is 4.73. The van der Waals surface area contributed by atoms with Gasteiger partial charge >= 0.3 is 5.69 Å². The van der Waals surface area contributed by atoms with Crippen LogP contribution in [0.25, 0.3) is 17.1 Å². The van der Waals surface area contributed by atoms with E-state index in [1.54, 1.807) is 38.4 Å². The van der Waals surface area contributed by atoms with Gasteiger partial charge in [0.25, 0.3) is 11.6 Å². The molecule has 31 heavy (non-hydrogen) atoms. The van der Waals surface area contributed by atoms with Gasteiger partial charge in [-0.2, -0.15) is 0 Å². The molecular weight excluding hydrogens is 440 g/mol. The predicted octanol–water partition coefficient (Wildman–Crippen LogP) is 3.20. The third-order valence-corrected chi connectivity index (χ3v) is 6.33. The Balaban J connectivity index is 1.85. The van der Waals surface area contributed by atoms with Crippen LogP contribution >= 0.6 is 24.0 Å². The van der Waals surface area contributed by atoms with Crippen molar-refractivity contribution in [2.45, 2.75) is 0 Å². The highest BCUT2D eigenvalue weighted by atomic mass is 32.2. The van der Waals surface area contributed by atoms with E-state index < -0.39 is 10.8 Å². The van der Waals surface area contributed by atoms with Crippen molar-refractivity contribution in [1.29, 1.82) is 0 Å². The summed E-state index contributed by atoms with van der Waals surface area (Å²) in [5.41, 5.74) is 1.13. The number of thiocarbonyl (C=S) groups is 1.